The number of nitrogens with one attached hydrogen (secondary N) is 1. The van der Waals surface area contributed by atoms with Crippen LogP contribution in [0.25, 0.3) is 0 Å². The summed E-state index contributed by atoms with van der Waals surface area (Å²) in [5.41, 5.74) is 0. The van der Waals surface area contributed by atoms with Crippen LogP contribution in [0, 0.1) is 0 Å². The maximum absolute atomic E-state index is 10.9. The van der Waals surface area contributed by atoms with Crippen LogP contribution in [0.1, 0.15) is 0 Å². The monoisotopic (exact) mass is 158 g/mol. The van der Waals surface area contributed by atoms with Crippen LogP contribution in [0.15, 0.2) is 0 Å². The average molecular weight is 158 g/mol. The lowest BCUT2D eigenvalue weighted by molar-refractivity contribution is -0.147. The van der Waals surface area contributed by atoms with Gasteiger partial charge in [-0.2, -0.15) is 0 Å². The van der Waals surface area contributed by atoms with E-state index in [1.54, 1.807) is 0 Å². The van der Waals surface area contributed by atoms with Crippen molar-refractivity contribution in [1.29, 1.82) is 0 Å². The molecule has 1 heterocycles. The van der Waals surface area contributed by atoms with E-state index in [9.17, 15) is 9.59 Å². The van der Waals surface area contributed by atoms with Crippen molar-refractivity contribution in [1.82, 2.24) is 10.2 Å². The number of β-amino-alcohol motifs (C(OH)–C–C–N with tert-alkyl or cyclic N) is 1. The largest absolute Gasteiger partial charge is 0.395 e. The molecule has 1 fully saturated rings. The minimum absolute atomic E-state index is 0.110. The van der Waals surface area contributed by atoms with E-state index in [-0.39, 0.29) is 38.1 Å². The summed E-state index contributed by atoms with van der Waals surface area (Å²) in [6.45, 7) is 0.314. The second kappa shape index (κ2) is 3.45. The fourth-order valence-corrected chi connectivity index (χ4v) is 0.956. The third-order valence-corrected chi connectivity index (χ3v) is 1.48. The number of aliphatic hydroxyl groups is 1. The Balaban J connectivity index is 2.55. The van der Waals surface area contributed by atoms with Gasteiger partial charge in [-0.1, -0.05) is 0 Å². The summed E-state index contributed by atoms with van der Waals surface area (Å²) in [4.78, 5) is 22.9. The molecule has 0 atom stereocenters. The zero-order chi connectivity index (χ0) is 8.27. The predicted octanol–water partition coefficient (Wildman–Crippen LogP) is -2.06. The standard InChI is InChI=1S/C6H10N2O3/c9-2-1-8-5(10)3-7-4-6(8)11/h7,9H,1-4H2. The van der Waals surface area contributed by atoms with E-state index in [1.807, 2.05) is 0 Å². The number of hydrogen-bond acceptors (Lipinski definition) is 4. The molecule has 0 aromatic carbocycles. The molecule has 2 amide bonds. The predicted molar refractivity (Wildman–Crippen MR) is 36.7 cm³/mol. The van der Waals surface area contributed by atoms with Crippen LogP contribution in [-0.4, -0.2) is 48.1 Å². The quantitative estimate of drug-likeness (QED) is 0.453. The molecule has 11 heavy (non-hydrogen) atoms. The lowest BCUT2D eigenvalue weighted by Gasteiger charge is -2.24. The van der Waals surface area contributed by atoms with Gasteiger partial charge in [0.05, 0.1) is 26.2 Å². The van der Waals surface area contributed by atoms with Crippen LogP contribution in [-0.2, 0) is 9.59 Å². The van der Waals surface area contributed by atoms with Gasteiger partial charge in [0, 0.05) is 0 Å². The van der Waals surface area contributed by atoms with Gasteiger partial charge < -0.3 is 5.11 Å². The number of carbonyl (C=O) groups is 2. The SMILES string of the molecule is O=C1CNCC(=O)N1CCO. The second-order valence-electron chi connectivity index (χ2n) is 2.27. The van der Waals surface area contributed by atoms with Gasteiger partial charge in [-0.25, -0.2) is 0 Å². The Morgan fingerprint density at radius 1 is 1.36 bits per heavy atom. The van der Waals surface area contributed by atoms with E-state index in [1.165, 1.54) is 0 Å². The number of carbonyl (C=O) groups excluding carboxylic acids is 2. The van der Waals surface area contributed by atoms with Gasteiger partial charge in [0.2, 0.25) is 11.8 Å². The molecule has 0 aromatic heterocycles. The van der Waals surface area contributed by atoms with E-state index < -0.39 is 0 Å². The molecule has 0 radical (unpaired) electrons. The number of amides is 2. The van der Waals surface area contributed by atoms with E-state index in [4.69, 9.17) is 5.11 Å². The molecule has 0 aliphatic carbocycles. The van der Waals surface area contributed by atoms with E-state index in [0.717, 1.165) is 4.90 Å². The molecule has 1 saturated heterocycles. The average Bonchev–Trinajstić information content (AvgIpc) is 1.97. The summed E-state index contributed by atoms with van der Waals surface area (Å²) in [5.74, 6) is -0.536. The molecule has 0 unspecified atom stereocenters. The van der Waals surface area contributed by atoms with Crippen molar-refractivity contribution < 1.29 is 14.7 Å². The van der Waals surface area contributed by atoms with Gasteiger partial charge in [0.1, 0.15) is 0 Å². The van der Waals surface area contributed by atoms with Crippen molar-refractivity contribution in [2.45, 2.75) is 0 Å². The first-order valence-electron chi connectivity index (χ1n) is 3.40. The first-order valence-corrected chi connectivity index (χ1v) is 3.40. The van der Waals surface area contributed by atoms with E-state index in [0.29, 0.717) is 0 Å². The molecule has 0 bridgehead atoms. The first kappa shape index (κ1) is 8.16. The third-order valence-electron chi connectivity index (χ3n) is 1.48. The van der Waals surface area contributed by atoms with Crippen LogP contribution < -0.4 is 5.32 Å². The fourth-order valence-electron chi connectivity index (χ4n) is 0.956. The van der Waals surface area contributed by atoms with Crippen molar-refractivity contribution in [3.8, 4) is 0 Å². The Bertz CT molecular complexity index is 165. The highest BCUT2D eigenvalue weighted by Gasteiger charge is 2.24. The summed E-state index contributed by atoms with van der Waals surface area (Å²) in [7, 11) is 0. The summed E-state index contributed by atoms with van der Waals surface area (Å²) in [6.07, 6.45) is 0. The van der Waals surface area contributed by atoms with E-state index >= 15 is 0 Å². The summed E-state index contributed by atoms with van der Waals surface area (Å²) in [6, 6.07) is 0. The molecule has 1 rings (SSSR count). The molecule has 0 spiro atoms. The van der Waals surface area contributed by atoms with Gasteiger partial charge in [-0.3, -0.25) is 19.8 Å². The van der Waals surface area contributed by atoms with Crippen LogP contribution in [0.2, 0.25) is 0 Å². The normalized spacial score (nSPS) is 19.2. The van der Waals surface area contributed by atoms with Gasteiger partial charge in [-0.15, -0.1) is 0 Å². The van der Waals surface area contributed by atoms with Crippen molar-refractivity contribution >= 4 is 11.8 Å². The molecular weight excluding hydrogens is 148 g/mol. The lowest BCUT2D eigenvalue weighted by Crippen LogP contribution is -2.52. The number of piperazine rings is 1. The number of aliphatic hydroxyl groups excluding tert-OH is 1. The molecular formula is C6H10N2O3. The molecule has 0 aromatic rings. The number of hydrogen-bond donors (Lipinski definition) is 2. The van der Waals surface area contributed by atoms with Crippen LogP contribution >= 0.6 is 0 Å². The van der Waals surface area contributed by atoms with Crippen molar-refractivity contribution in [2.24, 2.45) is 0 Å². The number of imide groups is 1. The van der Waals surface area contributed by atoms with Gasteiger partial charge in [0.25, 0.3) is 0 Å². The van der Waals surface area contributed by atoms with Gasteiger partial charge in [-0.05, 0) is 0 Å². The number of nitrogens with zero attached hydrogens (tertiary/aromatic N) is 1. The Morgan fingerprint density at radius 3 is 2.36 bits per heavy atom. The second-order valence-corrected chi connectivity index (χ2v) is 2.27. The van der Waals surface area contributed by atoms with Crippen molar-refractivity contribution in [3.05, 3.63) is 0 Å². The zero-order valence-corrected chi connectivity index (χ0v) is 6.04. The van der Waals surface area contributed by atoms with E-state index in [2.05, 4.69) is 5.32 Å². The fraction of sp³-hybridized carbons (Fsp3) is 0.667. The van der Waals surface area contributed by atoms with Crippen LogP contribution in [0.5, 0.6) is 0 Å². The molecule has 5 nitrogen and oxygen atoms in total. The highest BCUT2D eigenvalue weighted by atomic mass is 16.3. The minimum atomic E-state index is -0.268. The lowest BCUT2D eigenvalue weighted by atomic mass is 10.3. The molecule has 2 N–H and O–H groups in total. The van der Waals surface area contributed by atoms with Gasteiger partial charge in [0.15, 0.2) is 0 Å². The first-order chi connectivity index (χ1) is 5.25. The smallest absolute Gasteiger partial charge is 0.243 e. The maximum Gasteiger partial charge on any atom is 0.243 e. The summed E-state index contributed by atoms with van der Waals surface area (Å²) >= 11 is 0. The Hall–Kier alpha value is -0.940. The molecule has 0 saturated carbocycles. The highest BCUT2D eigenvalue weighted by Crippen LogP contribution is 1.94. The van der Waals surface area contributed by atoms with Crippen LogP contribution in [0.4, 0.5) is 0 Å². The number of rotatable bonds is 2. The van der Waals surface area contributed by atoms with Crippen LogP contribution in [0.3, 0.4) is 0 Å². The Kier molecular flexibility index (Phi) is 2.56. The van der Waals surface area contributed by atoms with Crippen molar-refractivity contribution in [2.75, 3.05) is 26.2 Å². The van der Waals surface area contributed by atoms with Crippen molar-refractivity contribution in [3.63, 3.8) is 0 Å². The Morgan fingerprint density at radius 2 is 1.91 bits per heavy atom. The maximum atomic E-state index is 10.9. The minimum Gasteiger partial charge on any atom is -0.395 e. The molecule has 5 heteroatoms. The van der Waals surface area contributed by atoms with Gasteiger partial charge >= 0.3 is 0 Å². The molecule has 62 valence electrons. The summed E-state index contributed by atoms with van der Waals surface area (Å²) in [5, 5.41) is 11.1. The topological polar surface area (TPSA) is 69.6 Å². The Labute approximate surface area is 64.0 Å². The molecule has 1 aliphatic rings. The highest BCUT2D eigenvalue weighted by molar-refractivity contribution is 5.99. The third kappa shape index (κ3) is 1.75. The zero-order valence-electron chi connectivity index (χ0n) is 6.04. The molecule has 1 aliphatic heterocycles. The summed E-state index contributed by atoms with van der Waals surface area (Å²) < 4.78 is 0.